The first-order valence-electron chi connectivity index (χ1n) is 33.7. The number of anilines is 3. The van der Waals surface area contributed by atoms with Crippen LogP contribution in [-0.2, 0) is 27.1 Å². The van der Waals surface area contributed by atoms with Gasteiger partial charge in [-0.05, 0) is 132 Å². The van der Waals surface area contributed by atoms with E-state index in [0.717, 1.165) is 88.8 Å². The standard InChI is InChI=1S/C45H35N3O.C45H39NO/c1-44(2)37-18-12-11-17-33(37)34-24-25-35-36-27-32(23-26-38(36)49-40(35)39(34)45(44,3)4)28-19-21-31(22-20-28)43-47-41(29-13-7-5-8-14-29)46-42(48-43)30-15-9-6-10-16-30;1-43(2)35-20-12-10-17-30(35)31-24-23-29(27-38(31)43)46(28-15-8-7-9-16-28)39-22-14-19-32-33-25-26-37-40(42(33)47-41(32)39)34-18-11-13-21-36(34)44(3,4)45(37,5)6/h5-27H,1-4H3;7-27H,1-6H3. The fourth-order valence-corrected chi connectivity index (χ4v) is 16.1. The summed E-state index contributed by atoms with van der Waals surface area (Å²) in [5.74, 6) is 1.96. The lowest BCUT2D eigenvalue weighted by Crippen LogP contribution is -2.43. The number of fused-ring (bicyclic) bond motifs is 17. The van der Waals surface area contributed by atoms with E-state index in [-0.39, 0.29) is 27.1 Å². The van der Waals surface area contributed by atoms with Gasteiger partial charge in [0.25, 0.3) is 0 Å². The Balaban J connectivity index is 0.000000145. The van der Waals surface area contributed by atoms with Crippen molar-refractivity contribution >= 4 is 60.9 Å². The third kappa shape index (κ3) is 8.80. The van der Waals surface area contributed by atoms with Crippen LogP contribution in [-0.4, -0.2) is 15.0 Å². The summed E-state index contributed by atoms with van der Waals surface area (Å²) in [6.07, 6.45) is 0. The van der Waals surface area contributed by atoms with E-state index in [1.807, 2.05) is 60.7 Å². The average Bonchev–Trinajstić information content (AvgIpc) is 1.18. The van der Waals surface area contributed by atoms with Crippen molar-refractivity contribution in [2.75, 3.05) is 4.90 Å². The Morgan fingerprint density at radius 1 is 0.281 bits per heavy atom. The van der Waals surface area contributed by atoms with Crippen LogP contribution in [0, 0.1) is 0 Å². The number of aromatic nitrogens is 3. The molecule has 0 atom stereocenters. The Morgan fingerprint density at radius 2 is 0.760 bits per heavy atom. The zero-order valence-electron chi connectivity index (χ0n) is 56.0. The molecule has 12 aromatic carbocycles. The molecular weight excluding hydrogens is 1170 g/mol. The second-order valence-corrected chi connectivity index (χ2v) is 29.1. The predicted octanol–water partition coefficient (Wildman–Crippen LogP) is 24.3. The maximum absolute atomic E-state index is 7.17. The van der Waals surface area contributed by atoms with Crippen molar-refractivity contribution in [2.24, 2.45) is 0 Å². The first-order valence-corrected chi connectivity index (χ1v) is 33.7. The largest absolute Gasteiger partial charge is 0.456 e. The van der Waals surface area contributed by atoms with E-state index in [1.54, 1.807) is 0 Å². The number of nitrogens with zero attached hydrogens (tertiary/aromatic N) is 4. The Bertz CT molecular complexity index is 5560. The summed E-state index contributed by atoms with van der Waals surface area (Å²) in [6.45, 7) is 23.7. The highest BCUT2D eigenvalue weighted by Gasteiger charge is 2.49. The molecule has 0 saturated heterocycles. The molecule has 0 unspecified atom stereocenters. The number of para-hydroxylation sites is 2. The van der Waals surface area contributed by atoms with Gasteiger partial charge in [-0.15, -0.1) is 0 Å². The van der Waals surface area contributed by atoms with Gasteiger partial charge in [-0.25, -0.2) is 15.0 Å². The second kappa shape index (κ2) is 21.5. The maximum atomic E-state index is 7.17. The van der Waals surface area contributed by atoms with Crippen LogP contribution >= 0.6 is 0 Å². The topological polar surface area (TPSA) is 68.2 Å². The van der Waals surface area contributed by atoms with E-state index in [4.69, 9.17) is 23.8 Å². The van der Waals surface area contributed by atoms with Crippen LogP contribution in [0.25, 0.3) is 123 Å². The molecule has 0 fully saturated rings. The molecule has 466 valence electrons. The highest BCUT2D eigenvalue weighted by Crippen LogP contribution is 2.59. The summed E-state index contributed by atoms with van der Waals surface area (Å²) in [6, 6.07) is 95.2. The maximum Gasteiger partial charge on any atom is 0.164 e. The van der Waals surface area contributed by atoms with Crippen LogP contribution in [0.4, 0.5) is 17.1 Å². The van der Waals surface area contributed by atoms with Crippen LogP contribution in [0.5, 0.6) is 0 Å². The molecular formula is C90H74N4O2. The van der Waals surface area contributed by atoms with Gasteiger partial charge in [-0.3, -0.25) is 0 Å². The van der Waals surface area contributed by atoms with Gasteiger partial charge in [0.15, 0.2) is 23.1 Å². The summed E-state index contributed by atoms with van der Waals surface area (Å²) >= 11 is 0. The molecule has 3 aliphatic carbocycles. The number of rotatable bonds is 7. The van der Waals surface area contributed by atoms with Crippen LogP contribution in [0.15, 0.2) is 276 Å². The van der Waals surface area contributed by atoms with Gasteiger partial charge >= 0.3 is 0 Å². The van der Waals surface area contributed by atoms with E-state index >= 15 is 0 Å². The molecule has 0 N–H and O–H groups in total. The molecule has 0 saturated carbocycles. The Hall–Kier alpha value is -11.0. The zero-order valence-corrected chi connectivity index (χ0v) is 56.0. The second-order valence-electron chi connectivity index (χ2n) is 29.1. The molecule has 3 heterocycles. The van der Waals surface area contributed by atoms with Crippen molar-refractivity contribution in [3.63, 3.8) is 0 Å². The lowest BCUT2D eigenvalue weighted by molar-refractivity contribution is 0.299. The lowest BCUT2D eigenvalue weighted by Gasteiger charge is -2.48. The van der Waals surface area contributed by atoms with Crippen molar-refractivity contribution in [2.45, 2.75) is 96.3 Å². The fourth-order valence-electron chi connectivity index (χ4n) is 16.1. The fraction of sp³-hybridized carbons (Fsp3) is 0.167. The molecule has 96 heavy (non-hydrogen) atoms. The van der Waals surface area contributed by atoms with Crippen LogP contribution in [0.3, 0.4) is 0 Å². The van der Waals surface area contributed by atoms with Crippen molar-refractivity contribution in [3.8, 4) is 78.7 Å². The van der Waals surface area contributed by atoms with Crippen LogP contribution < -0.4 is 4.90 Å². The van der Waals surface area contributed by atoms with Gasteiger partial charge in [0.1, 0.15) is 16.7 Å². The number of hydrogen-bond donors (Lipinski definition) is 0. The van der Waals surface area contributed by atoms with Crippen LogP contribution in [0.1, 0.15) is 103 Å². The predicted molar refractivity (Wildman–Crippen MR) is 398 cm³/mol. The molecule has 3 aliphatic rings. The third-order valence-electron chi connectivity index (χ3n) is 22.7. The van der Waals surface area contributed by atoms with E-state index in [1.165, 1.54) is 66.8 Å². The molecule has 6 heteroatoms. The molecule has 3 aromatic heterocycles. The molecule has 0 radical (unpaired) electrons. The van der Waals surface area contributed by atoms with Gasteiger partial charge in [0, 0.05) is 71.6 Å². The highest BCUT2D eigenvalue weighted by molar-refractivity contribution is 6.15. The summed E-state index contributed by atoms with van der Waals surface area (Å²) in [5.41, 5.74) is 27.6. The van der Waals surface area contributed by atoms with Crippen molar-refractivity contribution in [1.29, 1.82) is 0 Å². The SMILES string of the molecule is CC1(C)c2ccccc2-c2ccc(N(c3ccccc3)c3cccc4c3oc3c5c(ccc34)C(C)(C)C(C)(C)c3ccccc3-5)cc21.CC1(C)c2ccccc2-c2ccc3c(oc4ccc(-c5ccc(-c6nc(-c7ccccc7)nc(-c7ccccc7)n6)cc5)cc43)c2C1(C)C. The van der Waals surface area contributed by atoms with Gasteiger partial charge < -0.3 is 13.7 Å². The lowest BCUT2D eigenvalue weighted by atomic mass is 9.55. The first-order chi connectivity index (χ1) is 46.4. The summed E-state index contributed by atoms with van der Waals surface area (Å²) in [4.78, 5) is 17.0. The molecule has 15 aromatic rings. The van der Waals surface area contributed by atoms with E-state index in [0.29, 0.717) is 17.5 Å². The van der Waals surface area contributed by atoms with Gasteiger partial charge in [-0.1, -0.05) is 288 Å². The first kappa shape index (κ1) is 58.8. The Morgan fingerprint density at radius 3 is 1.42 bits per heavy atom. The van der Waals surface area contributed by atoms with Crippen molar-refractivity contribution < 1.29 is 8.83 Å². The van der Waals surface area contributed by atoms with E-state index in [9.17, 15) is 0 Å². The summed E-state index contributed by atoms with van der Waals surface area (Å²) < 4.78 is 13.9. The molecule has 6 nitrogen and oxygen atoms in total. The molecule has 0 spiro atoms. The van der Waals surface area contributed by atoms with E-state index in [2.05, 4.69) is 280 Å². The highest BCUT2D eigenvalue weighted by atomic mass is 16.3. The molecule has 0 bridgehead atoms. The van der Waals surface area contributed by atoms with Crippen molar-refractivity contribution in [3.05, 3.63) is 300 Å². The minimum Gasteiger partial charge on any atom is -0.456 e. The zero-order chi connectivity index (χ0) is 65.6. The minimum absolute atomic E-state index is 0.0352. The quantitative estimate of drug-likeness (QED) is 0.158. The molecule has 18 rings (SSSR count). The molecule has 0 aliphatic heterocycles. The summed E-state index contributed by atoms with van der Waals surface area (Å²) in [5, 5.41) is 4.58. The smallest absolute Gasteiger partial charge is 0.164 e. The van der Waals surface area contributed by atoms with Crippen molar-refractivity contribution in [1.82, 2.24) is 15.0 Å². The third-order valence-corrected chi connectivity index (χ3v) is 22.7. The molecule has 0 amide bonds. The average molecular weight is 1240 g/mol. The Kier molecular flexibility index (Phi) is 13.2. The monoisotopic (exact) mass is 1240 g/mol. The number of benzene rings is 12. The number of hydrogen-bond acceptors (Lipinski definition) is 6. The van der Waals surface area contributed by atoms with Crippen LogP contribution in [0.2, 0.25) is 0 Å². The number of furan rings is 2. The minimum atomic E-state index is -0.140. The van der Waals surface area contributed by atoms with E-state index < -0.39 is 0 Å². The van der Waals surface area contributed by atoms with Gasteiger partial charge in [0.05, 0.1) is 5.69 Å². The Labute approximate surface area is 561 Å². The summed E-state index contributed by atoms with van der Waals surface area (Å²) in [7, 11) is 0. The van der Waals surface area contributed by atoms with Gasteiger partial charge in [0.2, 0.25) is 0 Å². The normalized spacial score (nSPS) is 15.4. The van der Waals surface area contributed by atoms with Gasteiger partial charge in [-0.2, -0.15) is 0 Å².